The summed E-state index contributed by atoms with van der Waals surface area (Å²) in [7, 11) is -3.27. The minimum absolute atomic E-state index is 0.447. The SMILES string of the molecule is Cc1cc(Br)c(NS(C)(=O)=O)cc1Cl. The lowest BCUT2D eigenvalue weighted by Gasteiger charge is -2.08. The molecule has 0 saturated carbocycles. The number of halogens is 2. The Hall–Kier alpha value is -0.260. The van der Waals surface area contributed by atoms with Crippen LogP contribution in [0.2, 0.25) is 5.02 Å². The Balaban J connectivity index is 3.17. The summed E-state index contributed by atoms with van der Waals surface area (Å²) < 4.78 is 25.0. The number of benzene rings is 1. The molecular formula is C8H9BrClNO2S. The molecule has 1 N–H and O–H groups in total. The maximum absolute atomic E-state index is 11.0. The van der Waals surface area contributed by atoms with Crippen molar-refractivity contribution in [2.24, 2.45) is 0 Å². The van der Waals surface area contributed by atoms with Crippen LogP contribution in [0.1, 0.15) is 5.56 Å². The molecule has 14 heavy (non-hydrogen) atoms. The van der Waals surface area contributed by atoms with Crippen molar-refractivity contribution in [2.75, 3.05) is 11.0 Å². The number of hydrogen-bond acceptors (Lipinski definition) is 2. The number of hydrogen-bond donors (Lipinski definition) is 1. The highest BCUT2D eigenvalue weighted by atomic mass is 79.9. The van der Waals surface area contributed by atoms with Gasteiger partial charge in [0.25, 0.3) is 0 Å². The van der Waals surface area contributed by atoms with E-state index in [4.69, 9.17) is 11.6 Å². The topological polar surface area (TPSA) is 46.2 Å². The molecule has 0 saturated heterocycles. The zero-order valence-corrected chi connectivity index (χ0v) is 10.8. The van der Waals surface area contributed by atoms with E-state index >= 15 is 0 Å². The Morgan fingerprint density at radius 1 is 1.43 bits per heavy atom. The van der Waals surface area contributed by atoms with Crippen molar-refractivity contribution in [1.29, 1.82) is 0 Å². The lowest BCUT2D eigenvalue weighted by atomic mass is 10.2. The molecule has 78 valence electrons. The highest BCUT2D eigenvalue weighted by Gasteiger charge is 2.08. The molecule has 0 atom stereocenters. The number of nitrogens with one attached hydrogen (secondary N) is 1. The molecule has 0 aliphatic carbocycles. The fourth-order valence-electron chi connectivity index (χ4n) is 0.924. The van der Waals surface area contributed by atoms with Crippen molar-refractivity contribution in [3.8, 4) is 0 Å². The second-order valence-corrected chi connectivity index (χ2v) is 5.97. The molecule has 1 aromatic rings. The molecule has 0 aromatic heterocycles. The monoisotopic (exact) mass is 297 g/mol. The summed E-state index contributed by atoms with van der Waals surface area (Å²) in [6, 6.07) is 3.33. The molecule has 0 aliphatic rings. The van der Waals surface area contributed by atoms with E-state index in [2.05, 4.69) is 20.7 Å². The minimum Gasteiger partial charge on any atom is -0.283 e. The highest BCUT2D eigenvalue weighted by Crippen LogP contribution is 2.29. The molecule has 6 heteroatoms. The lowest BCUT2D eigenvalue weighted by molar-refractivity contribution is 0.607. The van der Waals surface area contributed by atoms with Crippen molar-refractivity contribution < 1.29 is 8.42 Å². The number of anilines is 1. The zero-order chi connectivity index (χ0) is 10.9. The molecule has 1 aromatic carbocycles. The van der Waals surface area contributed by atoms with Gasteiger partial charge in [-0.15, -0.1) is 0 Å². The van der Waals surface area contributed by atoms with Crippen LogP contribution in [0.15, 0.2) is 16.6 Å². The smallest absolute Gasteiger partial charge is 0.229 e. The predicted molar refractivity (Wildman–Crippen MR) is 62.4 cm³/mol. The van der Waals surface area contributed by atoms with Gasteiger partial charge in [0.2, 0.25) is 10.0 Å². The molecule has 0 amide bonds. The standard InChI is InChI=1S/C8H9BrClNO2S/c1-5-3-6(9)8(4-7(5)10)11-14(2,12)13/h3-4,11H,1-2H3. The average molecular weight is 299 g/mol. The van der Waals surface area contributed by atoms with Crippen LogP contribution in [0.5, 0.6) is 0 Å². The summed E-state index contributed by atoms with van der Waals surface area (Å²) >= 11 is 9.11. The Morgan fingerprint density at radius 2 is 2.00 bits per heavy atom. The second kappa shape index (κ2) is 4.08. The van der Waals surface area contributed by atoms with Crippen LogP contribution in [0, 0.1) is 6.92 Å². The van der Waals surface area contributed by atoms with Crippen molar-refractivity contribution in [3.63, 3.8) is 0 Å². The summed E-state index contributed by atoms with van der Waals surface area (Å²) in [6.45, 7) is 1.84. The van der Waals surface area contributed by atoms with Gasteiger partial charge in [0.1, 0.15) is 0 Å². The third-order valence-electron chi connectivity index (χ3n) is 1.54. The van der Waals surface area contributed by atoms with Crippen LogP contribution in [0.4, 0.5) is 5.69 Å². The van der Waals surface area contributed by atoms with E-state index in [1.165, 1.54) is 0 Å². The first-order chi connectivity index (χ1) is 6.29. The van der Waals surface area contributed by atoms with Gasteiger partial charge in [-0.25, -0.2) is 8.42 Å². The zero-order valence-electron chi connectivity index (χ0n) is 7.64. The average Bonchev–Trinajstić information content (AvgIpc) is 1.97. The Labute approximate surface area is 96.6 Å². The molecule has 0 spiro atoms. The van der Waals surface area contributed by atoms with E-state index in [1.807, 2.05) is 6.92 Å². The summed E-state index contributed by atoms with van der Waals surface area (Å²) in [6.07, 6.45) is 1.09. The third kappa shape index (κ3) is 3.15. The molecular weight excluding hydrogens is 290 g/mol. The van der Waals surface area contributed by atoms with E-state index in [0.717, 1.165) is 11.8 Å². The number of sulfonamides is 1. The fraction of sp³-hybridized carbons (Fsp3) is 0.250. The van der Waals surface area contributed by atoms with E-state index in [1.54, 1.807) is 12.1 Å². The van der Waals surface area contributed by atoms with Gasteiger partial charge in [0.05, 0.1) is 11.9 Å². The highest BCUT2D eigenvalue weighted by molar-refractivity contribution is 9.10. The van der Waals surface area contributed by atoms with Crippen molar-refractivity contribution in [3.05, 3.63) is 27.2 Å². The van der Waals surface area contributed by atoms with Crippen molar-refractivity contribution in [2.45, 2.75) is 6.92 Å². The summed E-state index contributed by atoms with van der Waals surface area (Å²) in [5, 5.41) is 0.527. The van der Waals surface area contributed by atoms with Crippen molar-refractivity contribution in [1.82, 2.24) is 0 Å². The molecule has 0 fully saturated rings. The van der Waals surface area contributed by atoms with Crippen LogP contribution in [0.25, 0.3) is 0 Å². The van der Waals surface area contributed by atoms with Gasteiger partial charge in [-0.3, -0.25) is 4.72 Å². The number of rotatable bonds is 2. The summed E-state index contributed by atoms with van der Waals surface area (Å²) in [5.41, 5.74) is 1.33. The molecule has 1 rings (SSSR count). The van der Waals surface area contributed by atoms with Crippen LogP contribution < -0.4 is 4.72 Å². The largest absolute Gasteiger partial charge is 0.283 e. The summed E-state index contributed by atoms with van der Waals surface area (Å²) in [4.78, 5) is 0. The molecule has 0 unspecified atom stereocenters. The normalized spacial score (nSPS) is 11.4. The third-order valence-corrected chi connectivity index (χ3v) is 3.20. The lowest BCUT2D eigenvalue weighted by Crippen LogP contribution is -2.10. The first-order valence-corrected chi connectivity index (χ1v) is 6.79. The van der Waals surface area contributed by atoms with E-state index in [0.29, 0.717) is 15.2 Å². The quantitative estimate of drug-likeness (QED) is 0.912. The van der Waals surface area contributed by atoms with Crippen molar-refractivity contribution >= 4 is 43.2 Å². The predicted octanol–water partition coefficient (Wildman–Crippen LogP) is 2.78. The maximum Gasteiger partial charge on any atom is 0.229 e. The second-order valence-electron chi connectivity index (χ2n) is 2.96. The maximum atomic E-state index is 11.0. The van der Waals surface area contributed by atoms with Gasteiger partial charge in [0, 0.05) is 9.50 Å². The van der Waals surface area contributed by atoms with E-state index < -0.39 is 10.0 Å². The van der Waals surface area contributed by atoms with E-state index in [9.17, 15) is 8.42 Å². The first kappa shape index (κ1) is 11.8. The Morgan fingerprint density at radius 3 is 2.50 bits per heavy atom. The first-order valence-electron chi connectivity index (χ1n) is 3.73. The number of aryl methyl sites for hydroxylation is 1. The van der Waals surface area contributed by atoms with Crippen LogP contribution in [-0.2, 0) is 10.0 Å². The van der Waals surface area contributed by atoms with E-state index in [-0.39, 0.29) is 0 Å². The van der Waals surface area contributed by atoms with Gasteiger partial charge in [-0.2, -0.15) is 0 Å². The fourth-order valence-corrected chi connectivity index (χ4v) is 2.34. The molecule has 0 bridgehead atoms. The van der Waals surface area contributed by atoms with Gasteiger partial charge in [-0.05, 0) is 40.5 Å². The van der Waals surface area contributed by atoms with Gasteiger partial charge >= 0.3 is 0 Å². The van der Waals surface area contributed by atoms with Crippen LogP contribution in [0.3, 0.4) is 0 Å². The molecule has 3 nitrogen and oxygen atoms in total. The van der Waals surface area contributed by atoms with Gasteiger partial charge in [-0.1, -0.05) is 11.6 Å². The molecule has 0 radical (unpaired) electrons. The molecule has 0 aliphatic heterocycles. The Kier molecular flexibility index (Phi) is 3.44. The summed E-state index contributed by atoms with van der Waals surface area (Å²) in [5.74, 6) is 0. The minimum atomic E-state index is -3.27. The van der Waals surface area contributed by atoms with Crippen LogP contribution in [-0.4, -0.2) is 14.7 Å². The Bertz CT molecular complexity index is 459. The molecule has 0 heterocycles. The van der Waals surface area contributed by atoms with Gasteiger partial charge < -0.3 is 0 Å². The van der Waals surface area contributed by atoms with Gasteiger partial charge in [0.15, 0.2) is 0 Å². The van der Waals surface area contributed by atoms with Crippen LogP contribution >= 0.6 is 27.5 Å².